The molecule has 2 aromatic rings. The lowest BCUT2D eigenvalue weighted by Gasteiger charge is -2.07. The molecule has 0 amide bonds. The molecule has 0 fully saturated rings. The van der Waals surface area contributed by atoms with Crippen LogP contribution in [0.15, 0.2) is 48.5 Å². The van der Waals surface area contributed by atoms with Crippen LogP contribution in [0.2, 0.25) is 0 Å². The summed E-state index contributed by atoms with van der Waals surface area (Å²) in [6, 6.07) is 12.7. The number of para-hydroxylation sites is 2. The molecule has 0 bridgehead atoms. The van der Waals surface area contributed by atoms with E-state index in [2.05, 4.69) is 0 Å². The molecule has 0 aliphatic heterocycles. The molecule has 0 saturated heterocycles. The molecular formula is C18H17NO6. The van der Waals surface area contributed by atoms with Gasteiger partial charge in [-0.25, -0.2) is 4.79 Å². The van der Waals surface area contributed by atoms with Crippen molar-refractivity contribution in [1.82, 2.24) is 0 Å². The lowest BCUT2D eigenvalue weighted by molar-refractivity contribution is -0.385. The van der Waals surface area contributed by atoms with Gasteiger partial charge in [-0.1, -0.05) is 43.3 Å². The highest BCUT2D eigenvalue weighted by atomic mass is 16.6. The molecule has 2 aromatic carbocycles. The number of ketones is 1. The minimum atomic E-state index is -0.781. The van der Waals surface area contributed by atoms with Crippen molar-refractivity contribution in [2.24, 2.45) is 0 Å². The van der Waals surface area contributed by atoms with Crippen LogP contribution in [0.5, 0.6) is 5.75 Å². The molecular weight excluding hydrogens is 326 g/mol. The number of ether oxygens (including phenoxy) is 2. The Hall–Kier alpha value is -3.22. The smallest absolute Gasteiger partial charge is 0.344 e. The van der Waals surface area contributed by atoms with Gasteiger partial charge in [0.25, 0.3) is 0 Å². The van der Waals surface area contributed by atoms with Gasteiger partial charge >= 0.3 is 11.7 Å². The van der Waals surface area contributed by atoms with Crippen molar-refractivity contribution in [1.29, 1.82) is 0 Å². The minimum Gasteiger partial charge on any atom is -0.475 e. The van der Waals surface area contributed by atoms with E-state index in [1.54, 1.807) is 18.2 Å². The van der Waals surface area contributed by atoms with E-state index >= 15 is 0 Å². The molecule has 25 heavy (non-hydrogen) atoms. The van der Waals surface area contributed by atoms with E-state index in [0.717, 1.165) is 12.0 Å². The molecule has 130 valence electrons. The highest BCUT2D eigenvalue weighted by Crippen LogP contribution is 2.25. The molecule has 0 saturated carbocycles. The van der Waals surface area contributed by atoms with E-state index in [1.807, 2.05) is 19.1 Å². The number of nitro benzene ring substituents is 1. The summed E-state index contributed by atoms with van der Waals surface area (Å²) in [5.74, 6) is -1.15. The van der Waals surface area contributed by atoms with Crippen LogP contribution in [-0.2, 0) is 16.0 Å². The monoisotopic (exact) mass is 343 g/mol. The maximum atomic E-state index is 12.0. The van der Waals surface area contributed by atoms with Gasteiger partial charge in [0.15, 0.2) is 24.7 Å². The summed E-state index contributed by atoms with van der Waals surface area (Å²) in [5.41, 5.74) is 1.30. The van der Waals surface area contributed by atoms with E-state index in [-0.39, 0.29) is 17.2 Å². The van der Waals surface area contributed by atoms with Gasteiger partial charge in [0.1, 0.15) is 0 Å². The number of carbonyl (C=O) groups is 2. The van der Waals surface area contributed by atoms with Gasteiger partial charge in [-0.05, 0) is 18.1 Å². The lowest BCUT2D eigenvalue weighted by Crippen LogP contribution is -2.19. The third kappa shape index (κ3) is 5.13. The number of nitro groups is 1. The second-order valence-corrected chi connectivity index (χ2v) is 5.15. The van der Waals surface area contributed by atoms with Crippen molar-refractivity contribution < 1.29 is 24.0 Å². The number of hydrogen-bond donors (Lipinski definition) is 0. The number of esters is 1. The molecule has 0 radical (unpaired) electrons. The van der Waals surface area contributed by atoms with Crippen molar-refractivity contribution in [3.63, 3.8) is 0 Å². The number of benzene rings is 2. The van der Waals surface area contributed by atoms with Crippen LogP contribution in [-0.4, -0.2) is 29.9 Å². The van der Waals surface area contributed by atoms with E-state index in [1.165, 1.54) is 18.2 Å². The van der Waals surface area contributed by atoms with Crippen molar-refractivity contribution in [3.8, 4) is 5.75 Å². The van der Waals surface area contributed by atoms with Gasteiger partial charge in [-0.2, -0.15) is 0 Å². The summed E-state index contributed by atoms with van der Waals surface area (Å²) in [5, 5.41) is 10.8. The van der Waals surface area contributed by atoms with Crippen molar-refractivity contribution in [2.75, 3.05) is 13.2 Å². The number of hydrogen-bond acceptors (Lipinski definition) is 6. The van der Waals surface area contributed by atoms with Gasteiger partial charge in [0.2, 0.25) is 0 Å². The first-order valence-electron chi connectivity index (χ1n) is 7.65. The summed E-state index contributed by atoms with van der Waals surface area (Å²) in [4.78, 5) is 33.9. The Labute approximate surface area is 144 Å². The van der Waals surface area contributed by atoms with Gasteiger partial charge < -0.3 is 9.47 Å². The van der Waals surface area contributed by atoms with Crippen LogP contribution in [0.3, 0.4) is 0 Å². The Morgan fingerprint density at radius 1 is 1.04 bits per heavy atom. The Bertz CT molecular complexity index is 769. The first-order chi connectivity index (χ1) is 12.0. The highest BCUT2D eigenvalue weighted by molar-refractivity contribution is 5.98. The number of rotatable bonds is 8. The van der Waals surface area contributed by atoms with Crippen molar-refractivity contribution in [2.45, 2.75) is 13.3 Å². The van der Waals surface area contributed by atoms with Gasteiger partial charge in [-0.3, -0.25) is 14.9 Å². The molecule has 0 aliphatic carbocycles. The van der Waals surface area contributed by atoms with Crippen LogP contribution in [0.1, 0.15) is 22.8 Å². The topological polar surface area (TPSA) is 95.7 Å². The Balaban J connectivity index is 1.84. The number of Topliss-reactive ketones (excluding diaryl/α,β-unsaturated/α-hetero) is 1. The molecule has 0 unspecified atom stereocenters. The lowest BCUT2D eigenvalue weighted by atomic mass is 10.1. The fourth-order valence-electron chi connectivity index (χ4n) is 2.06. The molecule has 0 spiro atoms. The molecule has 0 heterocycles. The third-order valence-corrected chi connectivity index (χ3v) is 3.46. The zero-order valence-corrected chi connectivity index (χ0v) is 13.6. The average Bonchev–Trinajstić information content (AvgIpc) is 2.64. The normalized spacial score (nSPS) is 10.1. The average molecular weight is 343 g/mol. The Morgan fingerprint density at radius 2 is 1.72 bits per heavy atom. The number of nitrogens with zero attached hydrogens (tertiary/aromatic N) is 1. The summed E-state index contributed by atoms with van der Waals surface area (Å²) >= 11 is 0. The SMILES string of the molecule is CCc1ccc(C(=O)COC(=O)COc2ccccc2[N+](=O)[O-])cc1. The predicted molar refractivity (Wildman–Crippen MR) is 89.7 cm³/mol. The first-order valence-corrected chi connectivity index (χ1v) is 7.65. The van der Waals surface area contributed by atoms with E-state index in [4.69, 9.17) is 9.47 Å². The summed E-state index contributed by atoms with van der Waals surface area (Å²) in [6.07, 6.45) is 0.867. The van der Waals surface area contributed by atoms with E-state index < -0.39 is 24.1 Å². The standard InChI is InChI=1S/C18H17NO6/c1-2-13-7-9-14(10-8-13)16(20)11-25-18(21)12-24-17-6-4-3-5-15(17)19(22)23/h3-10H,2,11-12H2,1H3. The van der Waals surface area contributed by atoms with Gasteiger partial charge in [-0.15, -0.1) is 0 Å². The quantitative estimate of drug-likeness (QED) is 0.316. The molecule has 0 atom stereocenters. The maximum Gasteiger partial charge on any atom is 0.344 e. The van der Waals surface area contributed by atoms with E-state index in [9.17, 15) is 19.7 Å². The number of carbonyl (C=O) groups excluding carboxylic acids is 2. The first kappa shape index (κ1) is 18.1. The maximum absolute atomic E-state index is 12.0. The van der Waals surface area contributed by atoms with Crippen LogP contribution in [0, 0.1) is 10.1 Å². The fourth-order valence-corrected chi connectivity index (χ4v) is 2.06. The fraction of sp³-hybridized carbons (Fsp3) is 0.222. The van der Waals surface area contributed by atoms with Gasteiger partial charge in [0, 0.05) is 11.6 Å². The van der Waals surface area contributed by atoms with Crippen LogP contribution >= 0.6 is 0 Å². The van der Waals surface area contributed by atoms with E-state index in [0.29, 0.717) is 5.56 Å². The molecule has 7 nitrogen and oxygen atoms in total. The molecule has 0 N–H and O–H groups in total. The molecule has 0 aliphatic rings. The summed E-state index contributed by atoms with van der Waals surface area (Å²) in [7, 11) is 0. The molecule has 2 rings (SSSR count). The summed E-state index contributed by atoms with van der Waals surface area (Å²) in [6.45, 7) is 1.08. The summed E-state index contributed by atoms with van der Waals surface area (Å²) < 4.78 is 9.95. The van der Waals surface area contributed by atoms with Gasteiger partial charge in [0.05, 0.1) is 4.92 Å². The highest BCUT2D eigenvalue weighted by Gasteiger charge is 2.16. The van der Waals surface area contributed by atoms with Crippen LogP contribution < -0.4 is 4.74 Å². The third-order valence-electron chi connectivity index (χ3n) is 3.46. The molecule has 7 heteroatoms. The van der Waals surface area contributed by atoms with Crippen molar-refractivity contribution in [3.05, 3.63) is 69.8 Å². The second kappa shape index (κ2) is 8.58. The Morgan fingerprint density at radius 3 is 2.36 bits per heavy atom. The predicted octanol–water partition coefficient (Wildman–Crippen LogP) is 2.96. The van der Waals surface area contributed by atoms with Crippen LogP contribution in [0.4, 0.5) is 5.69 Å². The second-order valence-electron chi connectivity index (χ2n) is 5.15. The molecule has 0 aromatic heterocycles. The van der Waals surface area contributed by atoms with Crippen molar-refractivity contribution >= 4 is 17.4 Å². The zero-order valence-electron chi connectivity index (χ0n) is 13.6. The Kier molecular flexibility index (Phi) is 6.22. The zero-order chi connectivity index (χ0) is 18.2. The minimum absolute atomic E-state index is 0.0362. The number of aryl methyl sites for hydroxylation is 1. The largest absolute Gasteiger partial charge is 0.475 e. The van der Waals surface area contributed by atoms with Crippen LogP contribution in [0.25, 0.3) is 0 Å².